The topological polar surface area (TPSA) is 106 Å². The van der Waals surface area contributed by atoms with E-state index in [9.17, 15) is 15.0 Å². The van der Waals surface area contributed by atoms with Crippen molar-refractivity contribution in [2.24, 2.45) is 0 Å². The summed E-state index contributed by atoms with van der Waals surface area (Å²) in [7, 11) is 0. The van der Waals surface area contributed by atoms with Gasteiger partial charge in [0.2, 0.25) is 0 Å². The lowest BCUT2D eigenvalue weighted by atomic mass is 9.98. The van der Waals surface area contributed by atoms with Gasteiger partial charge in [-0.15, -0.1) is 0 Å². The van der Waals surface area contributed by atoms with E-state index in [1.54, 1.807) is 24.3 Å². The van der Waals surface area contributed by atoms with Crippen molar-refractivity contribution in [2.75, 3.05) is 25.5 Å². The SMILES string of the molecule is O=C(NCCS)c1ccc(C#CCO[C@H]2OC3CO[C@@H](c4ccccc4)OC3[C@H](O)[C@H]2O)cc1. The Morgan fingerprint density at radius 2 is 1.85 bits per heavy atom. The predicted molar refractivity (Wildman–Crippen MR) is 126 cm³/mol. The van der Waals surface area contributed by atoms with E-state index in [2.05, 4.69) is 29.8 Å². The Morgan fingerprint density at radius 1 is 1.09 bits per heavy atom. The zero-order valence-electron chi connectivity index (χ0n) is 18.4. The first-order valence-corrected chi connectivity index (χ1v) is 11.6. The number of rotatable bonds is 6. The van der Waals surface area contributed by atoms with Gasteiger partial charge in [-0.1, -0.05) is 42.2 Å². The third kappa shape index (κ3) is 5.98. The molecule has 0 saturated carbocycles. The molecule has 0 aromatic heterocycles. The normalized spacial score (nSPS) is 28.3. The molecule has 0 radical (unpaired) electrons. The number of nitrogens with one attached hydrogen (secondary N) is 1. The maximum absolute atomic E-state index is 11.9. The van der Waals surface area contributed by atoms with Crippen molar-refractivity contribution in [3.05, 3.63) is 71.3 Å². The molecule has 1 amide bonds. The lowest BCUT2D eigenvalue weighted by molar-refractivity contribution is -0.359. The first kappa shape index (κ1) is 24.7. The van der Waals surface area contributed by atoms with Crippen molar-refractivity contribution in [3.8, 4) is 11.8 Å². The highest BCUT2D eigenvalue weighted by Gasteiger charge is 2.49. The molecule has 9 heteroatoms. The summed E-state index contributed by atoms with van der Waals surface area (Å²) >= 11 is 4.06. The summed E-state index contributed by atoms with van der Waals surface area (Å²) in [6, 6.07) is 16.2. The molecule has 2 unspecified atom stereocenters. The Kier molecular flexibility index (Phi) is 8.59. The largest absolute Gasteiger partial charge is 0.387 e. The average Bonchev–Trinajstić information content (AvgIpc) is 2.88. The fourth-order valence-electron chi connectivity index (χ4n) is 3.73. The van der Waals surface area contributed by atoms with E-state index < -0.39 is 37.0 Å². The number of fused-ring (bicyclic) bond motifs is 1. The van der Waals surface area contributed by atoms with Gasteiger partial charge in [0.25, 0.3) is 5.91 Å². The smallest absolute Gasteiger partial charge is 0.251 e. The van der Waals surface area contributed by atoms with Crippen molar-refractivity contribution in [3.63, 3.8) is 0 Å². The molecule has 2 aliphatic rings. The van der Waals surface area contributed by atoms with Gasteiger partial charge < -0.3 is 34.5 Å². The van der Waals surface area contributed by atoms with Crippen LogP contribution in [-0.4, -0.2) is 72.3 Å². The van der Waals surface area contributed by atoms with E-state index in [1.165, 1.54) is 0 Å². The van der Waals surface area contributed by atoms with Crippen molar-refractivity contribution in [1.29, 1.82) is 0 Å². The number of benzene rings is 2. The highest BCUT2D eigenvalue weighted by atomic mass is 32.1. The predicted octanol–water partition coefficient (Wildman–Crippen LogP) is 1.28. The summed E-state index contributed by atoms with van der Waals surface area (Å²) in [6.07, 6.45) is -5.54. The number of amides is 1. The lowest BCUT2D eigenvalue weighted by Crippen LogP contribution is -2.62. The number of carbonyl (C=O) groups is 1. The summed E-state index contributed by atoms with van der Waals surface area (Å²) in [6.45, 7) is 0.663. The number of hydrogen-bond acceptors (Lipinski definition) is 8. The van der Waals surface area contributed by atoms with Crippen molar-refractivity contribution in [1.82, 2.24) is 5.32 Å². The molecule has 6 atom stereocenters. The number of aliphatic hydroxyl groups is 2. The minimum Gasteiger partial charge on any atom is -0.387 e. The average molecular weight is 486 g/mol. The molecule has 180 valence electrons. The summed E-state index contributed by atoms with van der Waals surface area (Å²) < 4.78 is 23.0. The van der Waals surface area contributed by atoms with Crippen molar-refractivity contribution in [2.45, 2.75) is 37.0 Å². The number of hydrogen-bond donors (Lipinski definition) is 4. The molecule has 4 rings (SSSR count). The Bertz CT molecular complexity index is 1010. The number of thiol groups is 1. The minimum atomic E-state index is -1.30. The Balaban J connectivity index is 1.28. The molecule has 2 aromatic carbocycles. The van der Waals surface area contributed by atoms with Crippen LogP contribution in [0.4, 0.5) is 0 Å². The monoisotopic (exact) mass is 485 g/mol. The van der Waals surface area contributed by atoms with Crippen LogP contribution in [0.5, 0.6) is 0 Å². The van der Waals surface area contributed by atoms with Gasteiger partial charge in [0.05, 0.1) is 6.61 Å². The van der Waals surface area contributed by atoms with Crippen molar-refractivity contribution < 1.29 is 34.0 Å². The van der Waals surface area contributed by atoms with E-state index in [0.717, 1.165) is 5.56 Å². The zero-order chi connectivity index (χ0) is 23.9. The standard InChI is InChI=1S/C25H27NO7S/c27-20-21(28)25(32-19-15-31-24(33-22(19)20)18-6-2-1-3-7-18)30-13-4-5-16-8-10-17(11-9-16)23(29)26-12-14-34/h1-3,6-11,19-22,24-25,27-28,34H,12-15H2,(H,26,29)/t19?,20-,21-,22?,24-,25+/m1/s1. The van der Waals surface area contributed by atoms with Crippen LogP contribution in [0.15, 0.2) is 54.6 Å². The second-order valence-electron chi connectivity index (χ2n) is 7.87. The summed E-state index contributed by atoms with van der Waals surface area (Å²) in [5.74, 6) is 6.19. The summed E-state index contributed by atoms with van der Waals surface area (Å²) in [5, 5.41) is 23.8. The van der Waals surface area contributed by atoms with Crippen LogP contribution in [-0.2, 0) is 18.9 Å². The van der Waals surface area contributed by atoms with Crippen LogP contribution in [0.1, 0.15) is 27.8 Å². The molecular formula is C25H27NO7S. The van der Waals surface area contributed by atoms with E-state index >= 15 is 0 Å². The summed E-state index contributed by atoms with van der Waals surface area (Å²) in [5.41, 5.74) is 2.07. The van der Waals surface area contributed by atoms with E-state index in [0.29, 0.717) is 23.4 Å². The second kappa shape index (κ2) is 11.8. The van der Waals surface area contributed by atoms with Crippen molar-refractivity contribution >= 4 is 18.5 Å². The number of aliphatic hydroxyl groups excluding tert-OH is 2. The third-order valence-corrected chi connectivity index (χ3v) is 5.73. The molecule has 8 nitrogen and oxygen atoms in total. The second-order valence-corrected chi connectivity index (χ2v) is 8.32. The van der Waals surface area contributed by atoms with Gasteiger partial charge in [-0.3, -0.25) is 4.79 Å². The Hall–Kier alpha value is -2.42. The molecule has 34 heavy (non-hydrogen) atoms. The first-order valence-electron chi connectivity index (χ1n) is 11.0. The van der Waals surface area contributed by atoms with Gasteiger partial charge in [-0.25, -0.2) is 0 Å². The third-order valence-electron chi connectivity index (χ3n) is 5.50. The van der Waals surface area contributed by atoms with Gasteiger partial charge in [-0.05, 0) is 24.3 Å². The molecule has 2 saturated heterocycles. The molecule has 2 heterocycles. The molecular weight excluding hydrogens is 458 g/mol. The van der Waals surface area contributed by atoms with Gasteiger partial charge >= 0.3 is 0 Å². The van der Waals surface area contributed by atoms with Gasteiger partial charge in [-0.2, -0.15) is 12.6 Å². The quantitative estimate of drug-likeness (QED) is 0.361. The molecule has 2 fully saturated rings. The van der Waals surface area contributed by atoms with Crippen LogP contribution >= 0.6 is 12.6 Å². The first-order chi connectivity index (χ1) is 16.6. The number of ether oxygens (including phenoxy) is 4. The van der Waals surface area contributed by atoms with E-state index in [1.807, 2.05) is 30.3 Å². The fourth-order valence-corrected chi connectivity index (χ4v) is 3.84. The lowest BCUT2D eigenvalue weighted by Gasteiger charge is -2.46. The fraction of sp³-hybridized carbons (Fsp3) is 0.400. The molecule has 2 aliphatic heterocycles. The molecule has 3 N–H and O–H groups in total. The zero-order valence-corrected chi connectivity index (χ0v) is 19.3. The van der Waals surface area contributed by atoms with Crippen LogP contribution in [0.25, 0.3) is 0 Å². The van der Waals surface area contributed by atoms with Crippen LogP contribution < -0.4 is 5.32 Å². The molecule has 0 aliphatic carbocycles. The Morgan fingerprint density at radius 3 is 2.59 bits per heavy atom. The molecule has 2 aromatic rings. The summed E-state index contributed by atoms with van der Waals surface area (Å²) in [4.78, 5) is 11.9. The Labute approximate surface area is 203 Å². The van der Waals surface area contributed by atoms with Crippen LogP contribution in [0.2, 0.25) is 0 Å². The van der Waals surface area contributed by atoms with Crippen LogP contribution in [0.3, 0.4) is 0 Å². The molecule has 0 bridgehead atoms. The number of carbonyl (C=O) groups excluding carboxylic acids is 1. The van der Waals surface area contributed by atoms with E-state index in [4.69, 9.17) is 18.9 Å². The van der Waals surface area contributed by atoms with Gasteiger partial charge in [0, 0.05) is 29.0 Å². The highest BCUT2D eigenvalue weighted by molar-refractivity contribution is 7.80. The maximum atomic E-state index is 11.9. The van der Waals surface area contributed by atoms with Crippen LogP contribution in [0, 0.1) is 11.8 Å². The highest BCUT2D eigenvalue weighted by Crippen LogP contribution is 2.34. The van der Waals surface area contributed by atoms with Gasteiger partial charge in [0.1, 0.15) is 31.0 Å². The van der Waals surface area contributed by atoms with Gasteiger partial charge in [0.15, 0.2) is 12.6 Å². The maximum Gasteiger partial charge on any atom is 0.251 e. The minimum absolute atomic E-state index is 0.0234. The van der Waals surface area contributed by atoms with E-state index in [-0.39, 0.29) is 19.1 Å². The molecule has 0 spiro atoms.